The fourth-order valence-electron chi connectivity index (χ4n) is 1.17. The molecule has 0 fully saturated rings. The van der Waals surface area contributed by atoms with E-state index in [0.717, 1.165) is 4.90 Å². The molecule has 84 valence electrons. The number of nitrogens with zero attached hydrogens (tertiary/aromatic N) is 2. The molecule has 1 aromatic carbocycles. The Morgan fingerprint density at radius 2 is 2.31 bits per heavy atom. The molecule has 1 aromatic heterocycles. The van der Waals surface area contributed by atoms with Crippen molar-refractivity contribution in [3.63, 3.8) is 0 Å². The van der Waals surface area contributed by atoms with Gasteiger partial charge < -0.3 is 10.3 Å². The quantitative estimate of drug-likeness (QED) is 0.675. The van der Waals surface area contributed by atoms with Gasteiger partial charge in [0.1, 0.15) is 0 Å². The van der Waals surface area contributed by atoms with Gasteiger partial charge in [-0.1, -0.05) is 16.8 Å². The molecule has 2 rings (SSSR count). The molecule has 0 spiro atoms. The highest BCUT2D eigenvalue weighted by atomic mass is 35.5. The molecule has 0 aliphatic rings. The topological polar surface area (TPSA) is 64.9 Å². The molecule has 0 amide bonds. The van der Waals surface area contributed by atoms with Crippen LogP contribution in [0.3, 0.4) is 0 Å². The van der Waals surface area contributed by atoms with Gasteiger partial charge in [-0.15, -0.1) is 11.8 Å². The van der Waals surface area contributed by atoms with Crippen molar-refractivity contribution in [1.29, 1.82) is 0 Å². The Morgan fingerprint density at radius 3 is 3.00 bits per heavy atom. The second-order valence-corrected chi connectivity index (χ2v) is 4.66. The molecule has 0 aliphatic carbocycles. The van der Waals surface area contributed by atoms with Crippen LogP contribution >= 0.6 is 23.4 Å². The largest absolute Gasteiger partial charge is 0.398 e. The average molecular weight is 256 g/mol. The molecular weight excluding hydrogens is 246 g/mol. The molecular formula is C10H10ClN3OS. The van der Waals surface area contributed by atoms with Gasteiger partial charge in [0, 0.05) is 15.6 Å². The first-order valence-corrected chi connectivity index (χ1v) is 5.98. The standard InChI is InChI=1S/C10H10ClN3OS/c1-6-13-10(15-14-6)5-16-9-4-7(11)2-3-8(9)12/h2-4H,5,12H2,1H3. The van der Waals surface area contributed by atoms with Gasteiger partial charge >= 0.3 is 0 Å². The van der Waals surface area contributed by atoms with Crippen LogP contribution in [0.5, 0.6) is 0 Å². The molecule has 2 N–H and O–H groups in total. The lowest BCUT2D eigenvalue weighted by atomic mass is 10.3. The van der Waals surface area contributed by atoms with Crippen LogP contribution in [-0.4, -0.2) is 10.1 Å². The molecule has 0 aliphatic heterocycles. The summed E-state index contributed by atoms with van der Waals surface area (Å²) in [4.78, 5) is 5.03. The molecule has 2 aromatic rings. The van der Waals surface area contributed by atoms with Crippen LogP contribution in [0, 0.1) is 6.92 Å². The van der Waals surface area contributed by atoms with E-state index < -0.39 is 0 Å². The van der Waals surface area contributed by atoms with Crippen molar-refractivity contribution in [3.05, 3.63) is 34.9 Å². The number of nitrogen functional groups attached to an aromatic ring is 1. The van der Waals surface area contributed by atoms with E-state index in [1.54, 1.807) is 19.1 Å². The predicted octanol–water partition coefficient (Wildman–Crippen LogP) is 2.91. The normalized spacial score (nSPS) is 10.6. The first kappa shape index (κ1) is 11.3. The molecule has 1 heterocycles. The molecule has 0 radical (unpaired) electrons. The summed E-state index contributed by atoms with van der Waals surface area (Å²) >= 11 is 7.40. The highest BCUT2D eigenvalue weighted by Gasteiger charge is 2.06. The number of hydrogen-bond donors (Lipinski definition) is 1. The molecule has 0 saturated heterocycles. The minimum Gasteiger partial charge on any atom is -0.398 e. The van der Waals surface area contributed by atoms with Gasteiger partial charge in [0.15, 0.2) is 5.82 Å². The van der Waals surface area contributed by atoms with Crippen molar-refractivity contribution in [2.24, 2.45) is 0 Å². The first-order chi connectivity index (χ1) is 7.65. The number of aryl methyl sites for hydroxylation is 1. The van der Waals surface area contributed by atoms with Crippen LogP contribution in [0.25, 0.3) is 0 Å². The summed E-state index contributed by atoms with van der Waals surface area (Å²) in [6.07, 6.45) is 0. The molecule has 0 unspecified atom stereocenters. The highest BCUT2D eigenvalue weighted by Crippen LogP contribution is 2.30. The number of hydrogen-bond acceptors (Lipinski definition) is 5. The lowest BCUT2D eigenvalue weighted by Crippen LogP contribution is -1.89. The molecule has 6 heteroatoms. The minimum atomic E-state index is 0.585. The Balaban J connectivity index is 2.07. The Labute approximate surface area is 102 Å². The number of rotatable bonds is 3. The summed E-state index contributed by atoms with van der Waals surface area (Å²) in [5.74, 6) is 1.81. The third kappa shape index (κ3) is 2.68. The summed E-state index contributed by atoms with van der Waals surface area (Å²) in [6.45, 7) is 1.78. The lowest BCUT2D eigenvalue weighted by Gasteiger charge is -2.03. The number of anilines is 1. The van der Waals surface area contributed by atoms with Gasteiger partial charge in [0.25, 0.3) is 0 Å². The van der Waals surface area contributed by atoms with E-state index in [0.29, 0.717) is 28.2 Å². The maximum absolute atomic E-state index is 5.88. The maximum Gasteiger partial charge on any atom is 0.236 e. The second kappa shape index (κ2) is 4.76. The smallest absolute Gasteiger partial charge is 0.236 e. The van der Waals surface area contributed by atoms with E-state index >= 15 is 0 Å². The average Bonchev–Trinajstić information content (AvgIpc) is 2.66. The van der Waals surface area contributed by atoms with E-state index in [1.807, 2.05) is 6.07 Å². The van der Waals surface area contributed by atoms with E-state index in [1.165, 1.54) is 11.8 Å². The highest BCUT2D eigenvalue weighted by molar-refractivity contribution is 7.98. The summed E-state index contributed by atoms with van der Waals surface area (Å²) in [5.41, 5.74) is 6.51. The Morgan fingerprint density at radius 1 is 1.50 bits per heavy atom. The van der Waals surface area contributed by atoms with E-state index in [4.69, 9.17) is 21.9 Å². The second-order valence-electron chi connectivity index (χ2n) is 3.21. The zero-order valence-corrected chi connectivity index (χ0v) is 10.2. The van der Waals surface area contributed by atoms with Gasteiger partial charge in [-0.05, 0) is 25.1 Å². The van der Waals surface area contributed by atoms with E-state index in [9.17, 15) is 0 Å². The van der Waals surface area contributed by atoms with Crippen molar-refractivity contribution < 1.29 is 4.52 Å². The maximum atomic E-state index is 5.88. The molecule has 16 heavy (non-hydrogen) atoms. The van der Waals surface area contributed by atoms with Crippen LogP contribution in [0.1, 0.15) is 11.7 Å². The summed E-state index contributed by atoms with van der Waals surface area (Å²) < 4.78 is 5.00. The molecule has 4 nitrogen and oxygen atoms in total. The van der Waals surface area contributed by atoms with Crippen molar-refractivity contribution in [1.82, 2.24) is 10.1 Å². The van der Waals surface area contributed by atoms with Gasteiger partial charge in [-0.25, -0.2) is 0 Å². The monoisotopic (exact) mass is 255 g/mol. The first-order valence-electron chi connectivity index (χ1n) is 4.62. The third-order valence-corrected chi connectivity index (χ3v) is 3.19. The van der Waals surface area contributed by atoms with Gasteiger partial charge in [0.05, 0.1) is 5.75 Å². The molecule has 0 atom stereocenters. The van der Waals surface area contributed by atoms with Crippen molar-refractivity contribution >= 4 is 29.1 Å². The van der Waals surface area contributed by atoms with Gasteiger partial charge in [-0.2, -0.15) is 4.98 Å². The van der Waals surface area contributed by atoms with Crippen LogP contribution in [-0.2, 0) is 5.75 Å². The van der Waals surface area contributed by atoms with E-state index in [2.05, 4.69) is 10.1 Å². The van der Waals surface area contributed by atoms with Crippen LogP contribution < -0.4 is 5.73 Å². The van der Waals surface area contributed by atoms with Crippen LogP contribution in [0.4, 0.5) is 5.69 Å². The van der Waals surface area contributed by atoms with E-state index in [-0.39, 0.29) is 0 Å². The van der Waals surface area contributed by atoms with Crippen molar-refractivity contribution in [3.8, 4) is 0 Å². The Hall–Kier alpha value is -1.20. The summed E-state index contributed by atoms with van der Waals surface area (Å²) in [7, 11) is 0. The minimum absolute atomic E-state index is 0.585. The summed E-state index contributed by atoms with van der Waals surface area (Å²) in [5, 5.41) is 4.38. The lowest BCUT2D eigenvalue weighted by molar-refractivity contribution is 0.387. The number of halogens is 1. The number of thioether (sulfide) groups is 1. The van der Waals surface area contributed by atoms with Gasteiger partial charge in [-0.3, -0.25) is 0 Å². The SMILES string of the molecule is Cc1noc(CSc2cc(Cl)ccc2N)n1. The predicted molar refractivity (Wildman–Crippen MR) is 64.5 cm³/mol. The zero-order valence-electron chi connectivity index (χ0n) is 8.61. The number of benzene rings is 1. The molecule has 0 saturated carbocycles. The van der Waals surface area contributed by atoms with Gasteiger partial charge in [0.2, 0.25) is 5.89 Å². The molecule has 0 bridgehead atoms. The number of nitrogens with two attached hydrogens (primary N) is 1. The van der Waals surface area contributed by atoms with Crippen LogP contribution in [0.15, 0.2) is 27.6 Å². The Bertz CT molecular complexity index is 501. The Kier molecular flexibility index (Phi) is 3.36. The fraction of sp³-hybridized carbons (Fsp3) is 0.200. The summed E-state index contributed by atoms with van der Waals surface area (Å²) in [6, 6.07) is 5.37. The van der Waals surface area contributed by atoms with Crippen molar-refractivity contribution in [2.75, 3.05) is 5.73 Å². The third-order valence-electron chi connectivity index (χ3n) is 1.90. The van der Waals surface area contributed by atoms with Crippen molar-refractivity contribution in [2.45, 2.75) is 17.6 Å². The van der Waals surface area contributed by atoms with Crippen LogP contribution in [0.2, 0.25) is 5.02 Å². The zero-order chi connectivity index (χ0) is 11.5. The fourth-order valence-corrected chi connectivity index (χ4v) is 2.25. The number of aromatic nitrogens is 2.